The lowest BCUT2D eigenvalue weighted by Gasteiger charge is -2.37. The topological polar surface area (TPSA) is 58.4 Å². The lowest BCUT2D eigenvalue weighted by molar-refractivity contribution is -0.139. The SMILES string of the molecule is CC1(C(=O)N2CCNCC2CN)CC1. The molecule has 1 saturated carbocycles. The second-order valence-corrected chi connectivity index (χ2v) is 4.65. The zero-order valence-corrected chi connectivity index (χ0v) is 8.75. The molecule has 4 heteroatoms. The van der Waals surface area contributed by atoms with Gasteiger partial charge in [0, 0.05) is 31.6 Å². The molecule has 1 saturated heterocycles. The molecule has 0 aromatic carbocycles. The molecular weight excluding hydrogens is 178 g/mol. The Kier molecular flexibility index (Phi) is 2.49. The third-order valence-corrected chi connectivity index (χ3v) is 3.40. The molecule has 0 bridgehead atoms. The summed E-state index contributed by atoms with van der Waals surface area (Å²) in [6, 6.07) is 0.202. The molecule has 1 unspecified atom stereocenters. The Labute approximate surface area is 84.8 Å². The summed E-state index contributed by atoms with van der Waals surface area (Å²) in [5.74, 6) is 0.314. The number of nitrogens with two attached hydrogens (primary N) is 1. The van der Waals surface area contributed by atoms with Crippen molar-refractivity contribution in [2.24, 2.45) is 11.1 Å². The number of rotatable bonds is 2. The van der Waals surface area contributed by atoms with E-state index in [1.165, 1.54) is 0 Å². The molecule has 2 aliphatic rings. The van der Waals surface area contributed by atoms with Crippen molar-refractivity contribution in [1.29, 1.82) is 0 Å². The number of carbonyl (C=O) groups excluding carboxylic acids is 1. The van der Waals surface area contributed by atoms with Gasteiger partial charge in [-0.3, -0.25) is 4.79 Å². The van der Waals surface area contributed by atoms with Crippen molar-refractivity contribution >= 4 is 5.91 Å². The van der Waals surface area contributed by atoms with Crippen LogP contribution in [0.1, 0.15) is 19.8 Å². The lowest BCUT2D eigenvalue weighted by Crippen LogP contribution is -2.57. The second-order valence-electron chi connectivity index (χ2n) is 4.65. The number of carbonyl (C=O) groups is 1. The normalized spacial score (nSPS) is 30.1. The van der Waals surface area contributed by atoms with Crippen molar-refractivity contribution in [2.45, 2.75) is 25.8 Å². The van der Waals surface area contributed by atoms with Crippen LogP contribution in [-0.2, 0) is 4.79 Å². The highest BCUT2D eigenvalue weighted by Crippen LogP contribution is 2.46. The maximum atomic E-state index is 12.1. The van der Waals surface area contributed by atoms with E-state index >= 15 is 0 Å². The van der Waals surface area contributed by atoms with Crippen LogP contribution in [-0.4, -0.2) is 43.0 Å². The summed E-state index contributed by atoms with van der Waals surface area (Å²) in [6.45, 7) is 5.19. The predicted molar refractivity (Wildman–Crippen MR) is 54.8 cm³/mol. The van der Waals surface area contributed by atoms with E-state index in [2.05, 4.69) is 12.2 Å². The third kappa shape index (κ3) is 1.64. The summed E-state index contributed by atoms with van der Waals surface area (Å²) >= 11 is 0. The molecule has 1 atom stereocenters. The Morgan fingerprint density at radius 1 is 1.64 bits per heavy atom. The highest BCUT2D eigenvalue weighted by atomic mass is 16.2. The standard InChI is InChI=1S/C10H19N3O/c1-10(2-3-10)9(14)13-5-4-12-7-8(13)6-11/h8,12H,2-7,11H2,1H3. The van der Waals surface area contributed by atoms with Crippen LogP contribution in [0.25, 0.3) is 0 Å². The van der Waals surface area contributed by atoms with Crippen LogP contribution in [0.4, 0.5) is 0 Å². The molecule has 0 aromatic rings. The fourth-order valence-electron chi connectivity index (χ4n) is 1.99. The predicted octanol–water partition coefficient (Wildman–Crippen LogP) is -0.454. The number of amides is 1. The van der Waals surface area contributed by atoms with E-state index in [0.717, 1.165) is 32.5 Å². The van der Waals surface area contributed by atoms with Crippen molar-refractivity contribution in [1.82, 2.24) is 10.2 Å². The van der Waals surface area contributed by atoms with Crippen LogP contribution in [0.5, 0.6) is 0 Å². The molecule has 4 nitrogen and oxygen atoms in total. The molecule has 0 spiro atoms. The van der Waals surface area contributed by atoms with Gasteiger partial charge in [0.25, 0.3) is 0 Å². The van der Waals surface area contributed by atoms with Gasteiger partial charge in [0.15, 0.2) is 0 Å². The molecule has 2 rings (SSSR count). The summed E-state index contributed by atoms with van der Waals surface area (Å²) in [5.41, 5.74) is 5.61. The van der Waals surface area contributed by atoms with Gasteiger partial charge >= 0.3 is 0 Å². The molecule has 0 aromatic heterocycles. The molecule has 80 valence electrons. The third-order valence-electron chi connectivity index (χ3n) is 3.40. The van der Waals surface area contributed by atoms with E-state index in [9.17, 15) is 4.79 Å². The van der Waals surface area contributed by atoms with Gasteiger partial charge < -0.3 is 16.0 Å². The largest absolute Gasteiger partial charge is 0.335 e. The minimum absolute atomic E-state index is 0.0508. The highest BCUT2D eigenvalue weighted by Gasteiger charge is 2.48. The van der Waals surface area contributed by atoms with Gasteiger partial charge in [0.05, 0.1) is 6.04 Å². The van der Waals surface area contributed by atoms with Gasteiger partial charge in [-0.1, -0.05) is 6.92 Å². The zero-order chi connectivity index (χ0) is 10.2. The number of nitrogens with one attached hydrogen (secondary N) is 1. The van der Waals surface area contributed by atoms with Crippen molar-refractivity contribution < 1.29 is 4.79 Å². The first-order valence-corrected chi connectivity index (χ1v) is 5.39. The average Bonchev–Trinajstić information content (AvgIpc) is 2.97. The number of nitrogens with zero attached hydrogens (tertiary/aromatic N) is 1. The monoisotopic (exact) mass is 197 g/mol. The van der Waals surface area contributed by atoms with Crippen LogP contribution in [0.2, 0.25) is 0 Å². The fourth-order valence-corrected chi connectivity index (χ4v) is 1.99. The van der Waals surface area contributed by atoms with E-state index in [1.807, 2.05) is 4.90 Å². The first kappa shape index (κ1) is 9.93. The Morgan fingerprint density at radius 2 is 2.36 bits per heavy atom. The zero-order valence-electron chi connectivity index (χ0n) is 8.75. The summed E-state index contributed by atoms with van der Waals surface area (Å²) < 4.78 is 0. The van der Waals surface area contributed by atoms with E-state index in [0.29, 0.717) is 12.5 Å². The Hall–Kier alpha value is -0.610. The lowest BCUT2D eigenvalue weighted by atomic mass is 10.1. The van der Waals surface area contributed by atoms with Gasteiger partial charge in [-0.25, -0.2) is 0 Å². The minimum Gasteiger partial charge on any atom is -0.335 e. The molecule has 1 heterocycles. The summed E-state index contributed by atoms with van der Waals surface area (Å²) in [4.78, 5) is 14.1. The van der Waals surface area contributed by atoms with E-state index < -0.39 is 0 Å². The molecule has 3 N–H and O–H groups in total. The molecule has 1 amide bonds. The first-order chi connectivity index (χ1) is 6.67. The van der Waals surface area contributed by atoms with Crippen LogP contribution >= 0.6 is 0 Å². The van der Waals surface area contributed by atoms with Crippen LogP contribution < -0.4 is 11.1 Å². The molecule has 14 heavy (non-hydrogen) atoms. The number of hydrogen-bond donors (Lipinski definition) is 2. The highest BCUT2D eigenvalue weighted by molar-refractivity contribution is 5.85. The molecule has 1 aliphatic carbocycles. The Balaban J connectivity index is 2.03. The van der Waals surface area contributed by atoms with E-state index in [1.54, 1.807) is 0 Å². The average molecular weight is 197 g/mol. The fraction of sp³-hybridized carbons (Fsp3) is 0.900. The second kappa shape index (κ2) is 3.51. The van der Waals surface area contributed by atoms with Gasteiger partial charge in [-0.2, -0.15) is 0 Å². The maximum Gasteiger partial charge on any atom is 0.228 e. The molecular formula is C10H19N3O. The Bertz CT molecular complexity index is 238. The first-order valence-electron chi connectivity index (χ1n) is 5.39. The minimum atomic E-state index is -0.0508. The summed E-state index contributed by atoms with van der Waals surface area (Å²) in [6.07, 6.45) is 2.10. The van der Waals surface area contributed by atoms with Crippen LogP contribution in [0.3, 0.4) is 0 Å². The molecule has 2 fully saturated rings. The van der Waals surface area contributed by atoms with Gasteiger partial charge in [-0.15, -0.1) is 0 Å². The van der Waals surface area contributed by atoms with Crippen molar-refractivity contribution in [2.75, 3.05) is 26.2 Å². The van der Waals surface area contributed by atoms with E-state index in [4.69, 9.17) is 5.73 Å². The summed E-state index contributed by atoms with van der Waals surface area (Å²) in [7, 11) is 0. The summed E-state index contributed by atoms with van der Waals surface area (Å²) in [5, 5.41) is 3.27. The molecule has 0 radical (unpaired) electrons. The smallest absolute Gasteiger partial charge is 0.228 e. The molecule has 1 aliphatic heterocycles. The Morgan fingerprint density at radius 3 is 2.93 bits per heavy atom. The van der Waals surface area contributed by atoms with Gasteiger partial charge in [0.2, 0.25) is 5.91 Å². The quantitative estimate of drug-likeness (QED) is 0.630. The van der Waals surface area contributed by atoms with Crippen molar-refractivity contribution in [3.63, 3.8) is 0 Å². The number of hydrogen-bond acceptors (Lipinski definition) is 3. The van der Waals surface area contributed by atoms with Crippen LogP contribution in [0, 0.1) is 5.41 Å². The van der Waals surface area contributed by atoms with Gasteiger partial charge in [0.1, 0.15) is 0 Å². The van der Waals surface area contributed by atoms with Crippen LogP contribution in [0.15, 0.2) is 0 Å². The number of piperazine rings is 1. The maximum absolute atomic E-state index is 12.1. The van der Waals surface area contributed by atoms with Crippen molar-refractivity contribution in [3.8, 4) is 0 Å². The van der Waals surface area contributed by atoms with Crippen molar-refractivity contribution in [3.05, 3.63) is 0 Å². The van der Waals surface area contributed by atoms with Gasteiger partial charge in [-0.05, 0) is 12.8 Å². The van der Waals surface area contributed by atoms with E-state index in [-0.39, 0.29) is 11.5 Å².